The van der Waals surface area contributed by atoms with Crippen molar-refractivity contribution in [2.75, 3.05) is 46.5 Å². The fourth-order valence-corrected chi connectivity index (χ4v) is 4.85. The summed E-state index contributed by atoms with van der Waals surface area (Å²) in [5.74, 6) is 1.09. The van der Waals surface area contributed by atoms with Gasteiger partial charge in [0.15, 0.2) is 0 Å². The van der Waals surface area contributed by atoms with E-state index >= 15 is 0 Å². The standard InChI is InChI=1S/C31H43FN2O5/c1-4-6-20-39-28-22-24(21-27(38-5-2)31(28)25-12-14-26(32)15-13-25)23-33-16-7-10-29(35)34(19-9-17-33)18-8-11-30(36)37-3/h12-15,21-22H,4-11,16-20,23H2,1-3H3. The van der Waals surface area contributed by atoms with E-state index in [1.807, 2.05) is 11.8 Å². The van der Waals surface area contributed by atoms with Gasteiger partial charge in [-0.3, -0.25) is 14.5 Å². The Morgan fingerprint density at radius 2 is 1.69 bits per heavy atom. The number of hydrogen-bond acceptors (Lipinski definition) is 6. The minimum Gasteiger partial charge on any atom is -0.493 e. The molecule has 1 saturated heterocycles. The summed E-state index contributed by atoms with van der Waals surface area (Å²) in [5.41, 5.74) is 2.78. The second kappa shape index (κ2) is 16.1. The zero-order valence-corrected chi connectivity index (χ0v) is 23.7. The lowest BCUT2D eigenvalue weighted by molar-refractivity contribution is -0.141. The molecule has 0 unspecified atom stereocenters. The van der Waals surface area contributed by atoms with Gasteiger partial charge < -0.3 is 19.1 Å². The molecule has 1 aliphatic rings. The van der Waals surface area contributed by atoms with Crippen LogP contribution in [-0.2, 0) is 20.9 Å². The third-order valence-corrected chi connectivity index (χ3v) is 6.88. The van der Waals surface area contributed by atoms with E-state index in [1.165, 1.54) is 19.2 Å². The number of amides is 1. The van der Waals surface area contributed by atoms with Gasteiger partial charge in [-0.25, -0.2) is 4.39 Å². The fraction of sp³-hybridized carbons (Fsp3) is 0.548. The molecule has 0 aliphatic carbocycles. The van der Waals surface area contributed by atoms with Crippen molar-refractivity contribution in [1.29, 1.82) is 0 Å². The van der Waals surface area contributed by atoms with E-state index in [2.05, 4.69) is 24.0 Å². The van der Waals surface area contributed by atoms with Gasteiger partial charge in [0.2, 0.25) is 5.91 Å². The van der Waals surface area contributed by atoms with E-state index in [0.29, 0.717) is 52.1 Å². The first-order valence-corrected chi connectivity index (χ1v) is 14.2. The van der Waals surface area contributed by atoms with Crippen LogP contribution in [0.2, 0.25) is 0 Å². The Morgan fingerprint density at radius 3 is 2.38 bits per heavy atom. The van der Waals surface area contributed by atoms with Crippen molar-refractivity contribution in [3.05, 3.63) is 47.8 Å². The minimum absolute atomic E-state index is 0.149. The molecule has 0 N–H and O–H groups in total. The normalized spacial score (nSPS) is 14.9. The number of hydrogen-bond donors (Lipinski definition) is 0. The number of ether oxygens (including phenoxy) is 3. The Morgan fingerprint density at radius 1 is 0.974 bits per heavy atom. The van der Waals surface area contributed by atoms with Gasteiger partial charge in [0.1, 0.15) is 17.3 Å². The van der Waals surface area contributed by atoms with Gasteiger partial charge in [0.05, 0.1) is 25.9 Å². The first kappa shape index (κ1) is 30.4. The van der Waals surface area contributed by atoms with Crippen LogP contribution in [0.1, 0.15) is 64.4 Å². The van der Waals surface area contributed by atoms with Crippen LogP contribution >= 0.6 is 0 Å². The van der Waals surface area contributed by atoms with Crippen LogP contribution in [0.3, 0.4) is 0 Å². The Labute approximate surface area is 232 Å². The lowest BCUT2D eigenvalue weighted by Gasteiger charge is -2.24. The highest BCUT2D eigenvalue weighted by molar-refractivity contribution is 5.78. The molecular formula is C31H43FN2O5. The monoisotopic (exact) mass is 542 g/mol. The van der Waals surface area contributed by atoms with Crippen LogP contribution in [-0.4, -0.2) is 68.2 Å². The van der Waals surface area contributed by atoms with Gasteiger partial charge in [-0.2, -0.15) is 0 Å². The number of carbonyl (C=O) groups excluding carboxylic acids is 2. The lowest BCUT2D eigenvalue weighted by atomic mass is 10.0. The summed E-state index contributed by atoms with van der Waals surface area (Å²) in [6.07, 6.45) is 5.03. The van der Waals surface area contributed by atoms with Crippen molar-refractivity contribution in [2.45, 2.75) is 65.3 Å². The maximum Gasteiger partial charge on any atom is 0.305 e. The number of carbonyl (C=O) groups is 2. The molecular weight excluding hydrogens is 499 g/mol. The number of esters is 1. The molecule has 0 radical (unpaired) electrons. The molecule has 0 bridgehead atoms. The molecule has 3 rings (SSSR count). The molecule has 0 atom stereocenters. The second-order valence-corrected chi connectivity index (χ2v) is 9.90. The van der Waals surface area contributed by atoms with Gasteiger partial charge in [-0.1, -0.05) is 25.5 Å². The van der Waals surface area contributed by atoms with E-state index in [1.54, 1.807) is 12.1 Å². The molecule has 7 nitrogen and oxygen atoms in total. The Bertz CT molecular complexity index is 1060. The molecule has 39 heavy (non-hydrogen) atoms. The zero-order chi connectivity index (χ0) is 28.0. The molecule has 2 aromatic carbocycles. The molecule has 1 amide bonds. The second-order valence-electron chi connectivity index (χ2n) is 9.90. The van der Waals surface area contributed by atoms with Gasteiger partial charge in [-0.05, 0) is 74.5 Å². The summed E-state index contributed by atoms with van der Waals surface area (Å²) >= 11 is 0. The van der Waals surface area contributed by atoms with Crippen LogP contribution in [0.4, 0.5) is 4.39 Å². The van der Waals surface area contributed by atoms with Crippen molar-refractivity contribution in [1.82, 2.24) is 9.80 Å². The number of halogens is 1. The largest absolute Gasteiger partial charge is 0.493 e. The summed E-state index contributed by atoms with van der Waals surface area (Å²) in [7, 11) is 1.39. The maximum atomic E-state index is 13.7. The predicted octanol–water partition coefficient (Wildman–Crippen LogP) is 5.84. The molecule has 0 saturated carbocycles. The van der Waals surface area contributed by atoms with Gasteiger partial charge in [0, 0.05) is 39.0 Å². The van der Waals surface area contributed by atoms with Crippen molar-refractivity contribution in [2.24, 2.45) is 0 Å². The third-order valence-electron chi connectivity index (χ3n) is 6.88. The first-order chi connectivity index (χ1) is 18.9. The molecule has 214 valence electrons. The number of methoxy groups -OCH3 is 1. The maximum absolute atomic E-state index is 13.7. The summed E-state index contributed by atoms with van der Waals surface area (Å²) in [4.78, 5) is 28.5. The van der Waals surface area contributed by atoms with E-state index in [-0.39, 0.29) is 17.7 Å². The average molecular weight is 543 g/mol. The lowest BCUT2D eigenvalue weighted by Crippen LogP contribution is -2.33. The van der Waals surface area contributed by atoms with Crippen LogP contribution in [0, 0.1) is 5.82 Å². The van der Waals surface area contributed by atoms with E-state index in [4.69, 9.17) is 14.2 Å². The van der Waals surface area contributed by atoms with E-state index in [9.17, 15) is 14.0 Å². The summed E-state index contributed by atoms with van der Waals surface area (Å²) in [5, 5.41) is 0. The first-order valence-electron chi connectivity index (χ1n) is 14.2. The van der Waals surface area contributed by atoms with Crippen LogP contribution < -0.4 is 9.47 Å². The summed E-state index contributed by atoms with van der Waals surface area (Å²) in [6.45, 7) is 8.82. The molecule has 0 aromatic heterocycles. The van der Waals surface area contributed by atoms with Gasteiger partial charge in [-0.15, -0.1) is 0 Å². The van der Waals surface area contributed by atoms with Gasteiger partial charge >= 0.3 is 5.97 Å². The number of rotatable bonds is 13. The average Bonchev–Trinajstić information content (AvgIpc) is 3.00. The highest BCUT2D eigenvalue weighted by atomic mass is 19.1. The van der Waals surface area contributed by atoms with Crippen molar-refractivity contribution >= 4 is 11.9 Å². The SMILES string of the molecule is CCCCOc1cc(CN2CCCC(=O)N(CCCC(=O)OC)CCC2)cc(OCC)c1-c1ccc(F)cc1. The highest BCUT2D eigenvalue weighted by Gasteiger charge is 2.20. The molecule has 8 heteroatoms. The van der Waals surface area contributed by atoms with Crippen molar-refractivity contribution in [3.8, 4) is 22.6 Å². The summed E-state index contributed by atoms with van der Waals surface area (Å²) in [6, 6.07) is 10.6. The number of benzene rings is 2. The van der Waals surface area contributed by atoms with Crippen LogP contribution in [0.5, 0.6) is 11.5 Å². The molecule has 2 aromatic rings. The smallest absolute Gasteiger partial charge is 0.305 e. The molecule has 1 heterocycles. The van der Waals surface area contributed by atoms with Crippen LogP contribution in [0.25, 0.3) is 11.1 Å². The molecule has 0 spiro atoms. The van der Waals surface area contributed by atoms with E-state index in [0.717, 1.165) is 67.0 Å². The fourth-order valence-electron chi connectivity index (χ4n) is 4.85. The third kappa shape index (κ3) is 9.53. The van der Waals surface area contributed by atoms with Crippen LogP contribution in [0.15, 0.2) is 36.4 Å². The predicted molar refractivity (Wildman–Crippen MR) is 150 cm³/mol. The highest BCUT2D eigenvalue weighted by Crippen LogP contribution is 2.40. The van der Waals surface area contributed by atoms with Crippen molar-refractivity contribution in [3.63, 3.8) is 0 Å². The number of unbranched alkanes of at least 4 members (excludes halogenated alkanes) is 1. The van der Waals surface area contributed by atoms with E-state index < -0.39 is 0 Å². The quantitative estimate of drug-likeness (QED) is 0.234. The number of nitrogens with zero attached hydrogens (tertiary/aromatic N) is 2. The summed E-state index contributed by atoms with van der Waals surface area (Å²) < 4.78 is 30.7. The molecule has 1 fully saturated rings. The van der Waals surface area contributed by atoms with Crippen molar-refractivity contribution < 1.29 is 28.2 Å². The minimum atomic E-state index is -0.282. The van der Waals surface area contributed by atoms with Gasteiger partial charge in [0.25, 0.3) is 0 Å². The molecule has 1 aliphatic heterocycles. The Hall–Kier alpha value is -3.13. The zero-order valence-electron chi connectivity index (χ0n) is 23.7. The Balaban J connectivity index is 1.77. The Kier molecular flexibility index (Phi) is 12.5. The topological polar surface area (TPSA) is 68.3 Å².